The molecule has 0 aromatic heterocycles. The lowest BCUT2D eigenvalue weighted by atomic mass is 9.80. The molecular formula is C30H27N. The molecule has 0 bridgehead atoms. The van der Waals surface area contributed by atoms with Crippen LogP contribution in [0.3, 0.4) is 0 Å². The van der Waals surface area contributed by atoms with Crippen molar-refractivity contribution in [1.29, 1.82) is 0 Å². The predicted octanol–water partition coefficient (Wildman–Crippen LogP) is 7.01. The first-order chi connectivity index (χ1) is 15.4. The van der Waals surface area contributed by atoms with E-state index in [9.17, 15) is 0 Å². The van der Waals surface area contributed by atoms with Crippen LogP contribution in [0.5, 0.6) is 0 Å². The molecule has 1 aliphatic heterocycles. The van der Waals surface area contributed by atoms with Crippen LogP contribution < -0.4 is 0 Å². The third kappa shape index (κ3) is 4.22. The van der Waals surface area contributed by atoms with Crippen molar-refractivity contribution in [3.63, 3.8) is 0 Å². The van der Waals surface area contributed by atoms with Crippen LogP contribution in [0.1, 0.15) is 34.2 Å². The van der Waals surface area contributed by atoms with Gasteiger partial charge in [-0.1, -0.05) is 97.1 Å². The first-order valence-electron chi connectivity index (χ1n) is 11.2. The Bertz CT molecular complexity index is 1190. The van der Waals surface area contributed by atoms with E-state index in [1.54, 1.807) is 11.1 Å². The Kier molecular flexibility index (Phi) is 5.75. The third-order valence-corrected chi connectivity index (χ3v) is 6.22. The molecule has 0 spiro atoms. The van der Waals surface area contributed by atoms with E-state index in [-0.39, 0.29) is 0 Å². The van der Waals surface area contributed by atoms with E-state index < -0.39 is 0 Å². The van der Waals surface area contributed by atoms with Crippen LogP contribution in [0.2, 0.25) is 0 Å². The van der Waals surface area contributed by atoms with E-state index in [1.165, 1.54) is 53.5 Å². The van der Waals surface area contributed by atoms with Gasteiger partial charge in [-0.25, -0.2) is 0 Å². The highest BCUT2D eigenvalue weighted by Gasteiger charge is 2.20. The maximum atomic E-state index is 4.44. The fourth-order valence-electron chi connectivity index (χ4n) is 4.69. The summed E-state index contributed by atoms with van der Waals surface area (Å²) in [6, 6.07) is 23.7. The zero-order chi connectivity index (χ0) is 20.9. The van der Waals surface area contributed by atoms with Gasteiger partial charge in [0.25, 0.3) is 0 Å². The van der Waals surface area contributed by atoms with Crippen LogP contribution in [0.15, 0.2) is 102 Å². The van der Waals surface area contributed by atoms with Gasteiger partial charge in [0.1, 0.15) is 0 Å². The number of aryl methyl sites for hydroxylation is 1. The monoisotopic (exact) mass is 401 g/mol. The minimum absolute atomic E-state index is 0.775. The van der Waals surface area contributed by atoms with E-state index in [0.717, 1.165) is 12.3 Å². The molecule has 3 aliphatic rings. The smallest absolute Gasteiger partial charge is 0.0650 e. The average Bonchev–Trinajstić information content (AvgIpc) is 3.14. The van der Waals surface area contributed by atoms with Gasteiger partial charge in [0.15, 0.2) is 0 Å². The summed E-state index contributed by atoms with van der Waals surface area (Å²) in [5.74, 6) is 0. The molecular weight excluding hydrogens is 374 g/mol. The summed E-state index contributed by atoms with van der Waals surface area (Å²) in [5.41, 5.74) is 11.3. The van der Waals surface area contributed by atoms with Crippen LogP contribution >= 0.6 is 0 Å². The number of nitrogens with zero attached hydrogens (tertiary/aromatic N) is 1. The molecule has 0 amide bonds. The summed E-state index contributed by atoms with van der Waals surface area (Å²) in [6.45, 7) is 0.775. The van der Waals surface area contributed by atoms with Crippen molar-refractivity contribution in [2.75, 3.05) is 6.54 Å². The molecule has 1 nitrogen and oxygen atoms in total. The van der Waals surface area contributed by atoms with E-state index >= 15 is 0 Å². The number of hydrogen-bond donors (Lipinski definition) is 0. The molecule has 0 atom stereocenters. The van der Waals surface area contributed by atoms with Crippen LogP contribution in [-0.4, -0.2) is 12.3 Å². The van der Waals surface area contributed by atoms with E-state index in [1.807, 2.05) is 42.5 Å². The number of allylic oxidation sites excluding steroid dienone is 4. The molecule has 0 unspecified atom stereocenters. The molecule has 6 rings (SSSR count). The zero-order valence-corrected chi connectivity index (χ0v) is 17.8. The number of aliphatic imine (C=N–C) groups is 1. The summed E-state index contributed by atoms with van der Waals surface area (Å²) in [6.07, 6.45) is 17.6. The molecule has 0 saturated heterocycles. The van der Waals surface area contributed by atoms with Gasteiger partial charge in [-0.05, 0) is 70.7 Å². The lowest BCUT2D eigenvalue weighted by Gasteiger charge is -2.25. The lowest BCUT2D eigenvalue weighted by molar-refractivity contribution is 0.887. The second-order valence-electron chi connectivity index (χ2n) is 8.14. The molecule has 3 aromatic rings. The number of hydrogen-bond acceptors (Lipinski definition) is 1. The summed E-state index contributed by atoms with van der Waals surface area (Å²) in [7, 11) is 0. The minimum Gasteiger partial charge on any atom is -0.281 e. The Morgan fingerprint density at radius 3 is 2.42 bits per heavy atom. The molecule has 1 heterocycles. The third-order valence-electron chi connectivity index (χ3n) is 6.22. The largest absolute Gasteiger partial charge is 0.281 e. The van der Waals surface area contributed by atoms with E-state index in [4.69, 9.17) is 0 Å². The summed E-state index contributed by atoms with van der Waals surface area (Å²) in [4.78, 5) is 4.44. The van der Waals surface area contributed by atoms with Crippen LogP contribution in [-0.2, 0) is 19.3 Å². The maximum absolute atomic E-state index is 4.44. The van der Waals surface area contributed by atoms with Crippen LogP contribution in [0.4, 0.5) is 0 Å². The predicted molar refractivity (Wildman–Crippen MR) is 133 cm³/mol. The van der Waals surface area contributed by atoms with Gasteiger partial charge >= 0.3 is 0 Å². The standard InChI is InChI=1S/C18H16.C12H11N/c1-3-7-15-13(5-1)9-11-18-16-8-4-2-6-14(16)10-12-17(15)18;1-3-7-11(8-4-1)12-9-5-2-6-10-13-12/h1-3,5-7,10,12H,4,8-9,11H2;1-9H,10H2. The Morgan fingerprint density at radius 2 is 1.48 bits per heavy atom. The lowest BCUT2D eigenvalue weighted by Crippen LogP contribution is -2.09. The molecule has 0 fully saturated rings. The van der Waals surface area contributed by atoms with Gasteiger partial charge in [-0.3, -0.25) is 4.99 Å². The molecule has 152 valence electrons. The highest BCUT2D eigenvalue weighted by molar-refractivity contribution is 6.09. The van der Waals surface area contributed by atoms with Gasteiger partial charge in [-0.2, -0.15) is 0 Å². The van der Waals surface area contributed by atoms with Crippen molar-refractivity contribution in [2.24, 2.45) is 4.99 Å². The number of rotatable bonds is 1. The first kappa shape index (κ1) is 19.5. The van der Waals surface area contributed by atoms with Crippen molar-refractivity contribution < 1.29 is 0 Å². The average molecular weight is 402 g/mol. The van der Waals surface area contributed by atoms with E-state index in [2.05, 4.69) is 65.7 Å². The topological polar surface area (TPSA) is 12.4 Å². The second-order valence-corrected chi connectivity index (χ2v) is 8.14. The van der Waals surface area contributed by atoms with Crippen molar-refractivity contribution in [2.45, 2.75) is 25.7 Å². The SMILES string of the molecule is C1=CCN=C(c2ccccc2)C=C1.C1=Cc2ccc3c(c2CC1)CCc1ccccc1-3. The first-order valence-corrected chi connectivity index (χ1v) is 11.2. The quantitative estimate of drug-likeness (QED) is 0.416. The highest BCUT2D eigenvalue weighted by atomic mass is 14.7. The molecule has 1 heteroatoms. The Morgan fingerprint density at radius 1 is 0.613 bits per heavy atom. The molecule has 31 heavy (non-hydrogen) atoms. The highest BCUT2D eigenvalue weighted by Crippen LogP contribution is 2.38. The van der Waals surface area contributed by atoms with Gasteiger partial charge in [-0.15, -0.1) is 0 Å². The molecule has 0 radical (unpaired) electrons. The van der Waals surface area contributed by atoms with Crippen molar-refractivity contribution >= 4 is 11.8 Å². The zero-order valence-electron chi connectivity index (χ0n) is 17.8. The minimum atomic E-state index is 0.775. The summed E-state index contributed by atoms with van der Waals surface area (Å²) in [5, 5.41) is 0. The second kappa shape index (κ2) is 9.14. The Balaban J connectivity index is 0.000000140. The van der Waals surface area contributed by atoms with Crippen molar-refractivity contribution in [3.05, 3.63) is 125 Å². The molecule has 2 aliphatic carbocycles. The fraction of sp³-hybridized carbons (Fsp3) is 0.167. The molecule has 3 aromatic carbocycles. The molecule has 0 N–H and O–H groups in total. The van der Waals surface area contributed by atoms with Crippen LogP contribution in [0.25, 0.3) is 17.2 Å². The summed E-state index contributed by atoms with van der Waals surface area (Å²) >= 11 is 0. The fourth-order valence-corrected chi connectivity index (χ4v) is 4.69. The van der Waals surface area contributed by atoms with Gasteiger partial charge in [0, 0.05) is 0 Å². The number of benzene rings is 3. The van der Waals surface area contributed by atoms with Gasteiger partial charge in [0.05, 0.1) is 12.3 Å². The maximum Gasteiger partial charge on any atom is 0.0650 e. The van der Waals surface area contributed by atoms with Crippen LogP contribution in [0, 0.1) is 0 Å². The Labute approximate surface area is 185 Å². The van der Waals surface area contributed by atoms with E-state index in [0.29, 0.717) is 0 Å². The molecule has 0 saturated carbocycles. The normalized spacial score (nSPS) is 15.5. The Hall–Kier alpha value is -3.45. The van der Waals surface area contributed by atoms with Crippen molar-refractivity contribution in [1.82, 2.24) is 0 Å². The van der Waals surface area contributed by atoms with Gasteiger partial charge < -0.3 is 0 Å². The number of fused-ring (bicyclic) bond motifs is 5. The van der Waals surface area contributed by atoms with Gasteiger partial charge in [0.2, 0.25) is 0 Å². The summed E-state index contributed by atoms with van der Waals surface area (Å²) < 4.78 is 0. The van der Waals surface area contributed by atoms with Crippen molar-refractivity contribution in [3.8, 4) is 11.1 Å².